The topological polar surface area (TPSA) is 124 Å². The molecule has 4 rings (SSSR count). The van der Waals surface area contributed by atoms with Crippen LogP contribution in [0.5, 0.6) is 5.75 Å². The average Bonchev–Trinajstić information content (AvgIpc) is 3.33. The first-order valence-corrected chi connectivity index (χ1v) is 14.4. The van der Waals surface area contributed by atoms with Crippen LogP contribution < -0.4 is 4.74 Å². The molecular weight excluding hydrogens is 552 g/mol. The summed E-state index contributed by atoms with van der Waals surface area (Å²) in [5.41, 5.74) is 2.86. The van der Waals surface area contributed by atoms with Gasteiger partial charge in [0, 0.05) is 44.3 Å². The molecule has 2 aliphatic heterocycles. The molecule has 5 unspecified atom stereocenters. The number of benzene rings is 2. The van der Waals surface area contributed by atoms with Crippen LogP contribution in [0.25, 0.3) is 0 Å². The van der Waals surface area contributed by atoms with Crippen LogP contribution in [-0.2, 0) is 42.9 Å². The molecule has 2 aromatic rings. The van der Waals surface area contributed by atoms with E-state index in [1.807, 2.05) is 49.4 Å². The molecule has 0 radical (unpaired) electrons. The van der Waals surface area contributed by atoms with Crippen molar-refractivity contribution in [1.82, 2.24) is 0 Å². The van der Waals surface area contributed by atoms with Gasteiger partial charge in [0.1, 0.15) is 24.6 Å². The van der Waals surface area contributed by atoms with Gasteiger partial charge >= 0.3 is 23.9 Å². The second-order valence-corrected chi connectivity index (χ2v) is 10.8. The molecular formula is C30H34O10S. The molecule has 41 heavy (non-hydrogen) atoms. The van der Waals surface area contributed by atoms with Gasteiger partial charge in [-0.2, -0.15) is 0 Å². The van der Waals surface area contributed by atoms with Gasteiger partial charge in [-0.3, -0.25) is 19.2 Å². The van der Waals surface area contributed by atoms with E-state index >= 15 is 0 Å². The first kappa shape index (κ1) is 30.4. The van der Waals surface area contributed by atoms with Crippen molar-refractivity contribution in [1.29, 1.82) is 0 Å². The van der Waals surface area contributed by atoms with E-state index in [1.54, 1.807) is 11.8 Å². The van der Waals surface area contributed by atoms with Gasteiger partial charge in [-0.1, -0.05) is 24.3 Å². The number of rotatable bonds is 9. The molecule has 10 nitrogen and oxygen atoms in total. The van der Waals surface area contributed by atoms with E-state index in [-0.39, 0.29) is 12.5 Å². The van der Waals surface area contributed by atoms with Crippen molar-refractivity contribution in [3.05, 3.63) is 59.2 Å². The summed E-state index contributed by atoms with van der Waals surface area (Å²) in [6.07, 6.45) is -5.49. The predicted molar refractivity (Wildman–Crippen MR) is 148 cm³/mol. The Balaban J connectivity index is 1.74. The SMILES string of the molecule is CCOc1ccc([C@@H]2CSc3ccc(C4OC(COC(C)=O)C(OC(C)=O)C(OC(C)=O)C4OC(C)=O)cc32)cc1. The lowest BCUT2D eigenvalue weighted by Crippen LogP contribution is -2.59. The maximum atomic E-state index is 12.2. The summed E-state index contributed by atoms with van der Waals surface area (Å²) in [6, 6.07) is 13.8. The third-order valence-electron chi connectivity index (χ3n) is 6.73. The summed E-state index contributed by atoms with van der Waals surface area (Å²) in [4.78, 5) is 49.2. The first-order valence-electron chi connectivity index (χ1n) is 13.4. The highest BCUT2D eigenvalue weighted by atomic mass is 32.2. The normalized spacial score (nSPS) is 25.0. The fraction of sp³-hybridized carbons (Fsp3) is 0.467. The molecule has 0 amide bonds. The van der Waals surface area contributed by atoms with E-state index in [0.29, 0.717) is 12.2 Å². The Hall–Kier alpha value is -3.57. The highest BCUT2D eigenvalue weighted by Gasteiger charge is 2.52. The summed E-state index contributed by atoms with van der Waals surface area (Å²) in [5.74, 6) is -0.806. The van der Waals surface area contributed by atoms with Gasteiger partial charge in [0.25, 0.3) is 0 Å². The number of carbonyl (C=O) groups is 4. The summed E-state index contributed by atoms with van der Waals surface area (Å²) in [5, 5.41) is 0. The second kappa shape index (κ2) is 13.4. The number of ether oxygens (including phenoxy) is 6. The van der Waals surface area contributed by atoms with Gasteiger partial charge in [-0.05, 0) is 41.8 Å². The van der Waals surface area contributed by atoms with Crippen LogP contribution in [0, 0.1) is 0 Å². The van der Waals surface area contributed by atoms with Crippen molar-refractivity contribution in [3.63, 3.8) is 0 Å². The molecule has 0 N–H and O–H groups in total. The minimum atomic E-state index is -1.22. The maximum absolute atomic E-state index is 12.2. The zero-order valence-electron chi connectivity index (χ0n) is 23.6. The van der Waals surface area contributed by atoms with Crippen LogP contribution in [0.1, 0.15) is 63.3 Å². The zero-order valence-corrected chi connectivity index (χ0v) is 24.4. The summed E-state index contributed by atoms with van der Waals surface area (Å²) >= 11 is 1.74. The molecule has 1 saturated heterocycles. The predicted octanol–water partition coefficient (Wildman–Crippen LogP) is 4.12. The lowest BCUT2D eigenvalue weighted by atomic mass is 9.87. The van der Waals surface area contributed by atoms with E-state index < -0.39 is 54.4 Å². The number of esters is 4. The summed E-state index contributed by atoms with van der Waals surface area (Å²) in [6.45, 7) is 7.12. The molecule has 2 aliphatic rings. The fourth-order valence-corrected chi connectivity index (χ4v) is 6.40. The van der Waals surface area contributed by atoms with Crippen molar-refractivity contribution >= 4 is 35.6 Å². The molecule has 0 aromatic heterocycles. The Morgan fingerprint density at radius 2 is 1.41 bits per heavy atom. The molecule has 11 heteroatoms. The Kier molecular flexibility index (Phi) is 9.93. The third kappa shape index (κ3) is 7.39. The van der Waals surface area contributed by atoms with Crippen LogP contribution in [0.4, 0.5) is 0 Å². The van der Waals surface area contributed by atoms with Gasteiger partial charge in [0.05, 0.1) is 6.61 Å². The molecule has 0 aliphatic carbocycles. The Bertz CT molecular complexity index is 1280. The molecule has 220 valence electrons. The van der Waals surface area contributed by atoms with Crippen LogP contribution in [0.3, 0.4) is 0 Å². The van der Waals surface area contributed by atoms with Crippen LogP contribution in [0.15, 0.2) is 47.4 Å². The molecule has 6 atom stereocenters. The Morgan fingerprint density at radius 3 is 2.02 bits per heavy atom. The third-order valence-corrected chi connectivity index (χ3v) is 7.91. The van der Waals surface area contributed by atoms with Crippen molar-refractivity contribution in [3.8, 4) is 5.75 Å². The minimum absolute atomic E-state index is 0.0938. The van der Waals surface area contributed by atoms with E-state index in [4.69, 9.17) is 28.4 Å². The van der Waals surface area contributed by atoms with Gasteiger partial charge < -0.3 is 28.4 Å². The van der Waals surface area contributed by atoms with Gasteiger partial charge in [-0.25, -0.2) is 0 Å². The standard InChI is InChI=1S/C30H34O10S/c1-6-35-22-10-7-20(8-11-22)24-15-41-26-12-9-21(13-23(24)26)27-29(38-18(4)33)30(39-19(5)34)28(37-17(3)32)25(40-27)14-36-16(2)31/h7-13,24-25,27-30H,6,14-15H2,1-5H3/t24-,25?,27?,28?,29?,30?/m0/s1. The maximum Gasteiger partial charge on any atom is 0.303 e. The molecule has 2 aromatic carbocycles. The number of hydrogen-bond acceptors (Lipinski definition) is 11. The lowest BCUT2D eigenvalue weighted by Gasteiger charge is -2.44. The van der Waals surface area contributed by atoms with Crippen LogP contribution in [-0.4, -0.2) is 67.3 Å². The van der Waals surface area contributed by atoms with E-state index in [2.05, 4.69) is 0 Å². The molecule has 0 bridgehead atoms. The quantitative estimate of drug-likeness (QED) is 0.311. The lowest BCUT2D eigenvalue weighted by molar-refractivity contribution is -0.254. The van der Waals surface area contributed by atoms with Crippen LogP contribution in [0.2, 0.25) is 0 Å². The molecule has 0 saturated carbocycles. The summed E-state index contributed by atoms with van der Waals surface area (Å²) in [7, 11) is 0. The Morgan fingerprint density at radius 1 is 0.805 bits per heavy atom. The number of thioether (sulfide) groups is 1. The number of fused-ring (bicyclic) bond motifs is 1. The largest absolute Gasteiger partial charge is 0.494 e. The van der Waals surface area contributed by atoms with Gasteiger partial charge in [0.2, 0.25) is 0 Å². The van der Waals surface area contributed by atoms with E-state index in [9.17, 15) is 19.2 Å². The van der Waals surface area contributed by atoms with Gasteiger partial charge in [0.15, 0.2) is 18.3 Å². The second-order valence-electron chi connectivity index (χ2n) is 9.78. The molecule has 1 fully saturated rings. The number of hydrogen-bond donors (Lipinski definition) is 0. The smallest absolute Gasteiger partial charge is 0.303 e. The highest BCUT2D eigenvalue weighted by molar-refractivity contribution is 7.99. The van der Waals surface area contributed by atoms with E-state index in [0.717, 1.165) is 27.5 Å². The monoisotopic (exact) mass is 586 g/mol. The van der Waals surface area contributed by atoms with Crippen LogP contribution >= 0.6 is 11.8 Å². The van der Waals surface area contributed by atoms with Crippen molar-refractivity contribution in [2.24, 2.45) is 0 Å². The highest BCUT2D eigenvalue weighted by Crippen LogP contribution is 2.46. The number of carbonyl (C=O) groups excluding carboxylic acids is 4. The van der Waals surface area contributed by atoms with E-state index in [1.165, 1.54) is 27.7 Å². The summed E-state index contributed by atoms with van der Waals surface area (Å²) < 4.78 is 33.9. The zero-order chi connectivity index (χ0) is 29.7. The van der Waals surface area contributed by atoms with Crippen molar-refractivity contribution in [2.45, 2.75) is 76.0 Å². The first-order chi connectivity index (χ1) is 19.6. The Labute approximate surface area is 242 Å². The minimum Gasteiger partial charge on any atom is -0.494 e. The molecule has 0 spiro atoms. The van der Waals surface area contributed by atoms with Crippen molar-refractivity contribution < 1.29 is 47.6 Å². The fourth-order valence-electron chi connectivity index (χ4n) is 5.15. The average molecular weight is 587 g/mol. The van der Waals surface area contributed by atoms with Crippen molar-refractivity contribution in [2.75, 3.05) is 19.0 Å². The van der Waals surface area contributed by atoms with Gasteiger partial charge in [-0.15, -0.1) is 11.8 Å². The molecule has 2 heterocycles.